The Bertz CT molecular complexity index is 446. The highest BCUT2D eigenvalue weighted by molar-refractivity contribution is 9.11. The van der Waals surface area contributed by atoms with Crippen molar-refractivity contribution in [3.63, 3.8) is 0 Å². The molecule has 0 saturated heterocycles. The fourth-order valence-corrected chi connectivity index (χ4v) is 3.72. The third-order valence-corrected chi connectivity index (χ3v) is 4.13. The summed E-state index contributed by atoms with van der Waals surface area (Å²) in [5.41, 5.74) is 1.87. The lowest BCUT2D eigenvalue weighted by Gasteiger charge is -2.09. The van der Waals surface area contributed by atoms with E-state index < -0.39 is 0 Å². The summed E-state index contributed by atoms with van der Waals surface area (Å²) in [5, 5.41) is 0. The van der Waals surface area contributed by atoms with Crippen LogP contribution < -0.4 is 0 Å². The molecule has 1 aromatic carbocycles. The second-order valence-electron chi connectivity index (χ2n) is 2.50. The van der Waals surface area contributed by atoms with Crippen LogP contribution in [0.2, 0.25) is 0 Å². The van der Waals surface area contributed by atoms with Crippen LogP contribution in [0.25, 0.3) is 0 Å². The van der Waals surface area contributed by atoms with Gasteiger partial charge in [-0.05, 0) is 47.8 Å². The normalized spacial score (nSPS) is 8.80. The van der Waals surface area contributed by atoms with Gasteiger partial charge in [0.25, 0.3) is 0 Å². The monoisotopic (exact) mass is 384 g/mol. The summed E-state index contributed by atoms with van der Waals surface area (Å²) >= 11 is 10.1. The van der Waals surface area contributed by atoms with Crippen molar-refractivity contribution in [3.8, 4) is 37.0 Å². The first kappa shape index (κ1) is 12.4. The number of terminal acetylenes is 3. The molecule has 72 valence electrons. The van der Waals surface area contributed by atoms with Gasteiger partial charge in [0.15, 0.2) is 0 Å². The molecule has 0 heterocycles. The predicted molar refractivity (Wildman–Crippen MR) is 73.3 cm³/mol. The molecular formula is C12H3Br3. The fourth-order valence-electron chi connectivity index (χ4n) is 1.04. The summed E-state index contributed by atoms with van der Waals surface area (Å²) in [5.74, 6) is 7.60. The zero-order chi connectivity index (χ0) is 11.6. The van der Waals surface area contributed by atoms with Gasteiger partial charge in [0.2, 0.25) is 0 Å². The second-order valence-corrected chi connectivity index (χ2v) is 4.88. The average molecular weight is 387 g/mol. The van der Waals surface area contributed by atoms with Crippen molar-refractivity contribution < 1.29 is 0 Å². The van der Waals surface area contributed by atoms with E-state index in [0.29, 0.717) is 30.1 Å². The van der Waals surface area contributed by atoms with Crippen LogP contribution in [0.5, 0.6) is 0 Å². The average Bonchev–Trinajstić information content (AvgIpc) is 2.19. The predicted octanol–water partition coefficient (Wildman–Crippen LogP) is 3.92. The van der Waals surface area contributed by atoms with Gasteiger partial charge in [0, 0.05) is 0 Å². The Balaban J connectivity index is 3.88. The number of halogens is 3. The first-order valence-corrected chi connectivity index (χ1v) is 6.06. The molecular weight excluding hydrogens is 384 g/mol. The first-order valence-electron chi connectivity index (χ1n) is 3.68. The lowest BCUT2D eigenvalue weighted by molar-refractivity contribution is 1.43. The van der Waals surface area contributed by atoms with Crippen molar-refractivity contribution in [2.24, 2.45) is 0 Å². The lowest BCUT2D eigenvalue weighted by atomic mass is 10.1. The summed E-state index contributed by atoms with van der Waals surface area (Å²) in [4.78, 5) is 0. The molecule has 0 N–H and O–H groups in total. The van der Waals surface area contributed by atoms with Gasteiger partial charge in [-0.25, -0.2) is 0 Å². The number of rotatable bonds is 0. The van der Waals surface area contributed by atoms with Gasteiger partial charge in [0.05, 0.1) is 30.1 Å². The van der Waals surface area contributed by atoms with Gasteiger partial charge in [0.1, 0.15) is 0 Å². The van der Waals surface area contributed by atoms with Crippen LogP contribution in [-0.4, -0.2) is 0 Å². The smallest absolute Gasteiger partial charge is 0.0553 e. The summed E-state index contributed by atoms with van der Waals surface area (Å²) < 4.78 is 2.06. The van der Waals surface area contributed by atoms with Crippen LogP contribution in [0.4, 0.5) is 0 Å². The number of benzene rings is 1. The zero-order valence-corrected chi connectivity index (χ0v) is 12.1. The van der Waals surface area contributed by atoms with Crippen LogP contribution in [0.15, 0.2) is 13.4 Å². The molecule has 0 fully saturated rings. The molecule has 0 unspecified atom stereocenters. The third-order valence-electron chi connectivity index (χ3n) is 1.75. The highest BCUT2D eigenvalue weighted by Gasteiger charge is 2.16. The SMILES string of the molecule is C#Cc1c(Br)c(C#C)c(Br)c(C#C)c1Br. The molecule has 0 aliphatic heterocycles. The Labute approximate surface area is 114 Å². The molecule has 0 amide bonds. The molecule has 0 aromatic heterocycles. The number of hydrogen-bond donors (Lipinski definition) is 0. The van der Waals surface area contributed by atoms with E-state index in [-0.39, 0.29) is 0 Å². The van der Waals surface area contributed by atoms with Crippen molar-refractivity contribution >= 4 is 47.8 Å². The van der Waals surface area contributed by atoms with E-state index in [2.05, 4.69) is 65.6 Å². The minimum atomic E-state index is 0.624. The molecule has 0 aliphatic carbocycles. The fraction of sp³-hybridized carbons (Fsp3) is 0. The number of hydrogen-bond acceptors (Lipinski definition) is 0. The first-order chi connectivity index (χ1) is 7.08. The Kier molecular flexibility index (Phi) is 4.06. The van der Waals surface area contributed by atoms with E-state index >= 15 is 0 Å². The quantitative estimate of drug-likeness (QED) is 0.593. The van der Waals surface area contributed by atoms with Gasteiger partial charge in [-0.3, -0.25) is 0 Å². The molecule has 0 saturated carbocycles. The minimum Gasteiger partial charge on any atom is -0.115 e. The molecule has 1 rings (SSSR count). The van der Waals surface area contributed by atoms with Gasteiger partial charge in [-0.1, -0.05) is 17.8 Å². The Morgan fingerprint density at radius 2 is 0.800 bits per heavy atom. The third kappa shape index (κ3) is 1.99. The van der Waals surface area contributed by atoms with Crippen LogP contribution in [0.1, 0.15) is 16.7 Å². The van der Waals surface area contributed by atoms with Crippen LogP contribution in [0.3, 0.4) is 0 Å². The second kappa shape index (κ2) is 4.91. The van der Waals surface area contributed by atoms with E-state index in [4.69, 9.17) is 19.3 Å². The van der Waals surface area contributed by atoms with Crippen LogP contribution in [0, 0.1) is 37.0 Å². The van der Waals surface area contributed by atoms with Crippen LogP contribution >= 0.6 is 47.8 Å². The molecule has 0 spiro atoms. The maximum atomic E-state index is 5.39. The molecule has 1 aromatic rings. The molecule has 15 heavy (non-hydrogen) atoms. The highest BCUT2D eigenvalue weighted by atomic mass is 79.9. The van der Waals surface area contributed by atoms with E-state index in [1.54, 1.807) is 0 Å². The van der Waals surface area contributed by atoms with E-state index in [9.17, 15) is 0 Å². The van der Waals surface area contributed by atoms with Crippen molar-refractivity contribution in [2.75, 3.05) is 0 Å². The minimum absolute atomic E-state index is 0.624. The summed E-state index contributed by atoms with van der Waals surface area (Å²) in [6.45, 7) is 0. The molecule has 0 nitrogen and oxygen atoms in total. The standard InChI is InChI=1S/C12H3Br3/c1-4-7-10(13)8(5-2)12(15)9(6-3)11(7)14/h1-3H. The Morgan fingerprint density at radius 3 is 0.933 bits per heavy atom. The van der Waals surface area contributed by atoms with E-state index in [0.717, 1.165) is 0 Å². The van der Waals surface area contributed by atoms with Gasteiger partial charge < -0.3 is 0 Å². The van der Waals surface area contributed by atoms with Crippen molar-refractivity contribution in [3.05, 3.63) is 30.1 Å². The Morgan fingerprint density at radius 1 is 0.600 bits per heavy atom. The molecule has 3 heteroatoms. The van der Waals surface area contributed by atoms with Gasteiger partial charge in [-0.15, -0.1) is 19.3 Å². The summed E-state index contributed by atoms with van der Waals surface area (Å²) in [7, 11) is 0. The van der Waals surface area contributed by atoms with Crippen molar-refractivity contribution in [2.45, 2.75) is 0 Å². The topological polar surface area (TPSA) is 0 Å². The van der Waals surface area contributed by atoms with Gasteiger partial charge >= 0.3 is 0 Å². The lowest BCUT2D eigenvalue weighted by Crippen LogP contribution is -1.93. The Hall–Kier alpha value is -0.660. The molecule has 0 bridgehead atoms. The zero-order valence-electron chi connectivity index (χ0n) is 7.37. The largest absolute Gasteiger partial charge is 0.115 e. The van der Waals surface area contributed by atoms with E-state index in [1.165, 1.54) is 0 Å². The summed E-state index contributed by atoms with van der Waals surface area (Å²) in [6.07, 6.45) is 16.2. The maximum Gasteiger partial charge on any atom is 0.0553 e. The van der Waals surface area contributed by atoms with Gasteiger partial charge in [-0.2, -0.15) is 0 Å². The van der Waals surface area contributed by atoms with Crippen LogP contribution in [-0.2, 0) is 0 Å². The maximum absolute atomic E-state index is 5.39. The highest BCUT2D eigenvalue weighted by Crippen LogP contribution is 2.37. The van der Waals surface area contributed by atoms with Crippen molar-refractivity contribution in [1.82, 2.24) is 0 Å². The molecule has 0 aliphatic rings. The van der Waals surface area contributed by atoms with Crippen molar-refractivity contribution in [1.29, 1.82) is 0 Å². The summed E-state index contributed by atoms with van der Waals surface area (Å²) in [6, 6.07) is 0. The molecule has 0 radical (unpaired) electrons. The molecule has 0 atom stereocenters. The van der Waals surface area contributed by atoms with E-state index in [1.807, 2.05) is 0 Å².